The minimum Gasteiger partial charge on any atom is -0.329 e. The molecule has 2 heterocycles. The SMILES string of the molecule is CC1(C)CC(=O)C2=C(C1)NC(Nc1nc3ccccc3s1)=NC2c1ccc(F)cc1. The van der Waals surface area contributed by atoms with E-state index in [1.165, 1.54) is 12.1 Å². The first-order valence-electron chi connectivity index (χ1n) is 9.87. The summed E-state index contributed by atoms with van der Waals surface area (Å²) in [5, 5.41) is 7.35. The molecule has 0 saturated heterocycles. The fourth-order valence-corrected chi connectivity index (χ4v) is 4.97. The lowest BCUT2D eigenvalue weighted by Crippen LogP contribution is -2.41. The fraction of sp³-hybridized carbons (Fsp3) is 0.261. The van der Waals surface area contributed by atoms with Crippen molar-refractivity contribution in [2.24, 2.45) is 10.4 Å². The number of aliphatic imine (C=N–C) groups is 1. The van der Waals surface area contributed by atoms with Crippen molar-refractivity contribution < 1.29 is 9.18 Å². The molecule has 1 unspecified atom stereocenters. The second-order valence-corrected chi connectivity index (χ2v) is 9.53. The topological polar surface area (TPSA) is 66.4 Å². The van der Waals surface area contributed by atoms with Crippen molar-refractivity contribution in [3.05, 3.63) is 71.2 Å². The van der Waals surface area contributed by atoms with Crippen LogP contribution in [0.15, 0.2) is 64.8 Å². The number of fused-ring (bicyclic) bond motifs is 1. The zero-order valence-electron chi connectivity index (χ0n) is 16.7. The molecule has 5 rings (SSSR count). The molecule has 7 heteroatoms. The van der Waals surface area contributed by atoms with Gasteiger partial charge in [-0.05, 0) is 41.7 Å². The number of anilines is 1. The number of carbonyl (C=O) groups excluding carboxylic acids is 1. The Balaban J connectivity index is 1.54. The van der Waals surface area contributed by atoms with E-state index in [-0.39, 0.29) is 17.0 Å². The van der Waals surface area contributed by atoms with Gasteiger partial charge in [0.05, 0.1) is 10.2 Å². The molecule has 1 aromatic heterocycles. The summed E-state index contributed by atoms with van der Waals surface area (Å²) in [6.45, 7) is 4.19. The van der Waals surface area contributed by atoms with Crippen molar-refractivity contribution in [2.75, 3.05) is 5.32 Å². The molecule has 1 aliphatic heterocycles. The number of aromatic nitrogens is 1. The average molecular weight is 421 g/mol. The third-order valence-electron chi connectivity index (χ3n) is 5.43. The van der Waals surface area contributed by atoms with E-state index in [9.17, 15) is 9.18 Å². The Kier molecular flexibility index (Phi) is 4.43. The van der Waals surface area contributed by atoms with Gasteiger partial charge in [0.2, 0.25) is 5.96 Å². The summed E-state index contributed by atoms with van der Waals surface area (Å²) < 4.78 is 14.6. The number of thiazole rings is 1. The molecule has 30 heavy (non-hydrogen) atoms. The molecule has 0 bridgehead atoms. The highest BCUT2D eigenvalue weighted by Gasteiger charge is 2.39. The summed E-state index contributed by atoms with van der Waals surface area (Å²) >= 11 is 1.54. The largest absolute Gasteiger partial charge is 0.329 e. The van der Waals surface area contributed by atoms with E-state index in [1.54, 1.807) is 23.5 Å². The first-order chi connectivity index (χ1) is 14.4. The monoisotopic (exact) mass is 420 g/mol. The second-order valence-electron chi connectivity index (χ2n) is 8.50. The van der Waals surface area contributed by atoms with Crippen LogP contribution in [0.2, 0.25) is 0 Å². The number of allylic oxidation sites excluding steroid dienone is 1. The lowest BCUT2D eigenvalue weighted by molar-refractivity contribution is -0.118. The van der Waals surface area contributed by atoms with Gasteiger partial charge < -0.3 is 10.6 Å². The summed E-state index contributed by atoms with van der Waals surface area (Å²) in [4.78, 5) is 22.4. The Bertz CT molecular complexity index is 1180. The molecule has 5 nitrogen and oxygen atoms in total. The molecule has 152 valence electrons. The number of halogens is 1. The predicted molar refractivity (Wildman–Crippen MR) is 118 cm³/mol. The smallest absolute Gasteiger partial charge is 0.202 e. The molecular formula is C23H21FN4OS. The molecule has 2 aliphatic rings. The molecule has 1 aliphatic carbocycles. The van der Waals surface area contributed by atoms with E-state index in [4.69, 9.17) is 4.99 Å². The number of para-hydroxylation sites is 1. The predicted octanol–water partition coefficient (Wildman–Crippen LogP) is 5.19. The number of hydrogen-bond acceptors (Lipinski definition) is 6. The van der Waals surface area contributed by atoms with Gasteiger partial charge in [0.15, 0.2) is 10.9 Å². The summed E-state index contributed by atoms with van der Waals surface area (Å²) in [6, 6.07) is 13.7. The molecular weight excluding hydrogens is 399 g/mol. The Morgan fingerprint density at radius 2 is 1.90 bits per heavy atom. The third kappa shape index (κ3) is 3.50. The molecule has 0 radical (unpaired) electrons. The van der Waals surface area contributed by atoms with Crippen LogP contribution >= 0.6 is 11.3 Å². The van der Waals surface area contributed by atoms with Crippen LogP contribution in [-0.2, 0) is 4.79 Å². The van der Waals surface area contributed by atoms with Crippen LogP contribution in [0.3, 0.4) is 0 Å². The molecule has 0 fully saturated rings. The number of hydrogen-bond donors (Lipinski definition) is 2. The number of benzene rings is 2. The van der Waals surface area contributed by atoms with Crippen molar-refractivity contribution in [3.8, 4) is 0 Å². The number of rotatable bonds is 2. The van der Waals surface area contributed by atoms with E-state index in [0.717, 1.165) is 33.0 Å². The summed E-state index contributed by atoms with van der Waals surface area (Å²) in [5.41, 5.74) is 3.14. The van der Waals surface area contributed by atoms with Gasteiger partial charge in [-0.1, -0.05) is 49.4 Å². The molecule has 0 saturated carbocycles. The highest BCUT2D eigenvalue weighted by Crippen LogP contribution is 2.43. The number of Topliss-reactive ketones (excluding diaryl/α,β-unsaturated/α-hetero) is 1. The van der Waals surface area contributed by atoms with Gasteiger partial charge >= 0.3 is 0 Å². The minimum absolute atomic E-state index is 0.0888. The van der Waals surface area contributed by atoms with E-state index in [2.05, 4.69) is 29.5 Å². The summed E-state index contributed by atoms with van der Waals surface area (Å²) in [7, 11) is 0. The van der Waals surface area contributed by atoms with Gasteiger partial charge in [0.1, 0.15) is 11.9 Å². The van der Waals surface area contributed by atoms with Gasteiger partial charge in [0.25, 0.3) is 0 Å². The maximum atomic E-state index is 13.5. The Morgan fingerprint density at radius 3 is 2.67 bits per heavy atom. The van der Waals surface area contributed by atoms with Crippen molar-refractivity contribution in [2.45, 2.75) is 32.7 Å². The minimum atomic E-state index is -0.470. The van der Waals surface area contributed by atoms with Crippen LogP contribution in [-0.4, -0.2) is 16.7 Å². The Morgan fingerprint density at radius 1 is 1.13 bits per heavy atom. The maximum absolute atomic E-state index is 13.5. The highest BCUT2D eigenvalue weighted by atomic mass is 32.1. The van der Waals surface area contributed by atoms with Crippen LogP contribution in [0, 0.1) is 11.2 Å². The molecule has 1 atom stereocenters. The normalized spacial score (nSPS) is 20.6. The standard InChI is InChI=1S/C23H21FN4OS/c1-23(2)11-16-19(17(29)12-23)20(13-7-9-14(24)10-8-13)27-21(25-16)28-22-26-15-5-3-4-6-18(15)30-22/h3-10,20H,11-12H2,1-2H3,(H2,25,26,27,28). The zero-order chi connectivity index (χ0) is 20.9. The van der Waals surface area contributed by atoms with Gasteiger partial charge in [-0.3, -0.25) is 4.79 Å². The lowest BCUT2D eigenvalue weighted by Gasteiger charge is -2.37. The number of nitrogens with zero attached hydrogens (tertiary/aromatic N) is 2. The van der Waals surface area contributed by atoms with Crippen LogP contribution < -0.4 is 10.6 Å². The second kappa shape index (κ2) is 7.02. The maximum Gasteiger partial charge on any atom is 0.202 e. The first kappa shape index (κ1) is 18.9. The molecule has 0 amide bonds. The van der Waals surface area contributed by atoms with Crippen molar-refractivity contribution in [3.63, 3.8) is 0 Å². The molecule has 2 aromatic carbocycles. The fourth-order valence-electron chi connectivity index (χ4n) is 4.11. The van der Waals surface area contributed by atoms with Crippen molar-refractivity contribution in [1.29, 1.82) is 0 Å². The van der Waals surface area contributed by atoms with E-state index < -0.39 is 6.04 Å². The average Bonchev–Trinajstić information content (AvgIpc) is 3.09. The first-order valence-corrected chi connectivity index (χ1v) is 10.7. The Labute approximate surface area is 177 Å². The lowest BCUT2D eigenvalue weighted by atomic mass is 9.73. The van der Waals surface area contributed by atoms with Crippen LogP contribution in [0.5, 0.6) is 0 Å². The highest BCUT2D eigenvalue weighted by molar-refractivity contribution is 7.22. The number of nitrogens with one attached hydrogen (secondary N) is 2. The van der Waals surface area contributed by atoms with Gasteiger partial charge in [-0.25, -0.2) is 14.4 Å². The number of guanidine groups is 1. The van der Waals surface area contributed by atoms with E-state index in [0.29, 0.717) is 18.0 Å². The zero-order valence-corrected chi connectivity index (χ0v) is 17.5. The number of carbonyl (C=O) groups is 1. The van der Waals surface area contributed by atoms with Gasteiger partial charge in [-0.2, -0.15) is 0 Å². The number of ketones is 1. The van der Waals surface area contributed by atoms with Crippen LogP contribution in [0.25, 0.3) is 10.2 Å². The molecule has 3 aromatic rings. The summed E-state index contributed by atoms with van der Waals surface area (Å²) in [5.74, 6) is 0.327. The quantitative estimate of drug-likeness (QED) is 0.599. The van der Waals surface area contributed by atoms with E-state index in [1.807, 2.05) is 24.3 Å². The molecule has 2 N–H and O–H groups in total. The van der Waals surface area contributed by atoms with Gasteiger partial charge in [0, 0.05) is 17.7 Å². The Hall–Kier alpha value is -3.06. The van der Waals surface area contributed by atoms with E-state index >= 15 is 0 Å². The summed E-state index contributed by atoms with van der Waals surface area (Å²) in [6.07, 6.45) is 1.22. The van der Waals surface area contributed by atoms with Crippen LogP contribution in [0.4, 0.5) is 9.52 Å². The van der Waals surface area contributed by atoms with Crippen LogP contribution in [0.1, 0.15) is 38.3 Å². The molecule has 0 spiro atoms. The third-order valence-corrected chi connectivity index (χ3v) is 6.38. The van der Waals surface area contributed by atoms with Crippen molar-refractivity contribution in [1.82, 2.24) is 10.3 Å². The van der Waals surface area contributed by atoms with Gasteiger partial charge in [-0.15, -0.1) is 0 Å². The van der Waals surface area contributed by atoms with Crippen molar-refractivity contribution >= 4 is 38.4 Å².